The van der Waals surface area contributed by atoms with Crippen molar-refractivity contribution >= 4 is 17.2 Å². The summed E-state index contributed by atoms with van der Waals surface area (Å²) in [7, 11) is 0. The standard InChI is InChI=1S/C22H19ClN4O2/c1-14-22(16-4-5-16)25-20-9-8-18(12-26(14)20)27-21(28)10-19(11-24-27)29-13-15-2-6-17(23)7-3-15/h2-3,6-12,16H,4-5,13H2,1H3. The van der Waals surface area contributed by atoms with E-state index in [1.165, 1.54) is 23.6 Å². The fourth-order valence-electron chi connectivity index (χ4n) is 3.45. The Bertz CT molecular complexity index is 1260. The van der Waals surface area contributed by atoms with Crippen LogP contribution in [0.25, 0.3) is 11.3 Å². The fourth-order valence-corrected chi connectivity index (χ4v) is 3.58. The predicted octanol–water partition coefficient (Wildman–Crippen LogP) is 4.30. The van der Waals surface area contributed by atoms with E-state index in [1.807, 2.05) is 34.9 Å². The van der Waals surface area contributed by atoms with Crippen LogP contribution in [0.4, 0.5) is 0 Å². The van der Waals surface area contributed by atoms with Crippen molar-refractivity contribution in [2.24, 2.45) is 0 Å². The summed E-state index contributed by atoms with van der Waals surface area (Å²) >= 11 is 5.89. The minimum atomic E-state index is -0.252. The zero-order chi connectivity index (χ0) is 20.0. The molecule has 1 aromatic carbocycles. The van der Waals surface area contributed by atoms with Crippen molar-refractivity contribution in [3.63, 3.8) is 0 Å². The molecule has 0 unspecified atom stereocenters. The molecule has 4 aromatic rings. The molecule has 6 nitrogen and oxygen atoms in total. The highest BCUT2D eigenvalue weighted by Gasteiger charge is 2.28. The lowest BCUT2D eigenvalue weighted by molar-refractivity contribution is 0.303. The summed E-state index contributed by atoms with van der Waals surface area (Å²) in [6.45, 7) is 2.41. The topological polar surface area (TPSA) is 61.4 Å². The van der Waals surface area contributed by atoms with Gasteiger partial charge in [-0.2, -0.15) is 9.78 Å². The largest absolute Gasteiger partial charge is 0.487 e. The Hall–Kier alpha value is -3.12. The Morgan fingerprint density at radius 1 is 1.17 bits per heavy atom. The molecule has 0 spiro atoms. The van der Waals surface area contributed by atoms with Crippen LogP contribution in [-0.4, -0.2) is 19.2 Å². The molecule has 0 N–H and O–H groups in total. The van der Waals surface area contributed by atoms with Crippen LogP contribution >= 0.6 is 11.6 Å². The number of imidazole rings is 1. The molecule has 0 atom stereocenters. The van der Waals surface area contributed by atoms with Gasteiger partial charge in [0.25, 0.3) is 5.56 Å². The van der Waals surface area contributed by atoms with E-state index in [4.69, 9.17) is 21.3 Å². The first-order valence-electron chi connectivity index (χ1n) is 9.54. The van der Waals surface area contributed by atoms with Crippen molar-refractivity contribution in [3.05, 3.63) is 87.2 Å². The van der Waals surface area contributed by atoms with E-state index < -0.39 is 0 Å². The zero-order valence-electron chi connectivity index (χ0n) is 15.9. The third kappa shape index (κ3) is 3.51. The minimum Gasteiger partial charge on any atom is -0.487 e. The molecule has 1 aliphatic rings. The van der Waals surface area contributed by atoms with Crippen molar-refractivity contribution in [1.29, 1.82) is 0 Å². The molecule has 0 aliphatic heterocycles. The van der Waals surface area contributed by atoms with Gasteiger partial charge in [0.15, 0.2) is 0 Å². The quantitative estimate of drug-likeness (QED) is 0.495. The molecule has 146 valence electrons. The summed E-state index contributed by atoms with van der Waals surface area (Å²) in [6, 6.07) is 12.6. The lowest BCUT2D eigenvalue weighted by Crippen LogP contribution is -2.20. The number of hydrogen-bond donors (Lipinski definition) is 0. The summed E-state index contributed by atoms with van der Waals surface area (Å²) in [5.74, 6) is 1.01. The maximum Gasteiger partial charge on any atom is 0.275 e. The van der Waals surface area contributed by atoms with Gasteiger partial charge in [-0.25, -0.2) is 4.98 Å². The van der Waals surface area contributed by atoms with Crippen molar-refractivity contribution < 1.29 is 4.74 Å². The molecular formula is C22H19ClN4O2. The van der Waals surface area contributed by atoms with E-state index in [9.17, 15) is 4.79 Å². The maximum atomic E-state index is 12.6. The van der Waals surface area contributed by atoms with Crippen LogP contribution in [0.3, 0.4) is 0 Å². The van der Waals surface area contributed by atoms with Gasteiger partial charge in [0, 0.05) is 28.9 Å². The van der Waals surface area contributed by atoms with Crippen LogP contribution < -0.4 is 10.3 Å². The Morgan fingerprint density at radius 3 is 2.69 bits per heavy atom. The third-order valence-corrected chi connectivity index (χ3v) is 5.43. The van der Waals surface area contributed by atoms with Gasteiger partial charge in [-0.3, -0.25) is 4.79 Å². The lowest BCUT2D eigenvalue weighted by atomic mass is 10.2. The maximum absolute atomic E-state index is 12.6. The summed E-state index contributed by atoms with van der Waals surface area (Å²) in [5, 5.41) is 4.96. The average Bonchev–Trinajstić information content (AvgIpc) is 3.52. The highest BCUT2D eigenvalue weighted by molar-refractivity contribution is 6.30. The van der Waals surface area contributed by atoms with Gasteiger partial charge >= 0.3 is 0 Å². The monoisotopic (exact) mass is 406 g/mol. The van der Waals surface area contributed by atoms with Crippen LogP contribution in [-0.2, 0) is 6.61 Å². The number of hydrogen-bond acceptors (Lipinski definition) is 4. The van der Waals surface area contributed by atoms with Gasteiger partial charge in [0.2, 0.25) is 0 Å². The minimum absolute atomic E-state index is 0.252. The van der Waals surface area contributed by atoms with E-state index in [0.717, 1.165) is 22.6 Å². The van der Waals surface area contributed by atoms with Crippen LogP contribution in [0.5, 0.6) is 5.75 Å². The number of pyridine rings is 1. The van der Waals surface area contributed by atoms with Crippen molar-refractivity contribution in [3.8, 4) is 11.4 Å². The second-order valence-electron chi connectivity index (χ2n) is 7.33. The first-order chi connectivity index (χ1) is 14.1. The first-order valence-corrected chi connectivity index (χ1v) is 9.92. The molecule has 1 saturated carbocycles. The molecule has 29 heavy (non-hydrogen) atoms. The van der Waals surface area contributed by atoms with Crippen LogP contribution in [0.15, 0.2) is 59.7 Å². The second kappa shape index (κ2) is 7.04. The van der Waals surface area contributed by atoms with Crippen LogP contribution in [0, 0.1) is 6.92 Å². The molecule has 0 radical (unpaired) electrons. The highest BCUT2D eigenvalue weighted by atomic mass is 35.5. The molecule has 7 heteroatoms. The Labute approximate surface area is 172 Å². The molecule has 0 bridgehead atoms. The summed E-state index contributed by atoms with van der Waals surface area (Å²) in [6.07, 6.45) is 5.87. The van der Waals surface area contributed by atoms with E-state index in [-0.39, 0.29) is 5.56 Å². The zero-order valence-corrected chi connectivity index (χ0v) is 16.6. The smallest absolute Gasteiger partial charge is 0.275 e. The van der Waals surface area contributed by atoms with E-state index in [0.29, 0.717) is 29.0 Å². The lowest BCUT2D eigenvalue weighted by Gasteiger charge is -2.09. The molecule has 5 rings (SSSR count). The summed E-state index contributed by atoms with van der Waals surface area (Å²) in [5.41, 5.74) is 4.58. The van der Waals surface area contributed by atoms with Gasteiger partial charge in [0.1, 0.15) is 18.0 Å². The van der Waals surface area contributed by atoms with Gasteiger partial charge < -0.3 is 9.14 Å². The number of aryl methyl sites for hydroxylation is 1. The second-order valence-corrected chi connectivity index (χ2v) is 7.77. The number of ether oxygens (including phenoxy) is 1. The SMILES string of the molecule is Cc1c(C2CC2)nc2ccc(-n3ncc(OCc4ccc(Cl)cc4)cc3=O)cn12. The average molecular weight is 407 g/mol. The Morgan fingerprint density at radius 2 is 1.97 bits per heavy atom. The normalized spacial score (nSPS) is 13.7. The van der Waals surface area contributed by atoms with E-state index >= 15 is 0 Å². The van der Waals surface area contributed by atoms with E-state index in [1.54, 1.807) is 18.3 Å². The number of rotatable bonds is 5. The van der Waals surface area contributed by atoms with Gasteiger partial charge in [-0.05, 0) is 49.6 Å². The Balaban J connectivity index is 1.40. The van der Waals surface area contributed by atoms with Crippen molar-refractivity contribution in [2.45, 2.75) is 32.3 Å². The fraction of sp³-hybridized carbons (Fsp3) is 0.227. The number of benzene rings is 1. The number of nitrogens with zero attached hydrogens (tertiary/aromatic N) is 4. The highest BCUT2D eigenvalue weighted by Crippen LogP contribution is 2.41. The predicted molar refractivity (Wildman–Crippen MR) is 111 cm³/mol. The summed E-state index contributed by atoms with van der Waals surface area (Å²) < 4.78 is 9.09. The molecular weight excluding hydrogens is 388 g/mol. The van der Waals surface area contributed by atoms with Crippen LogP contribution in [0.2, 0.25) is 5.02 Å². The molecule has 1 fully saturated rings. The molecule has 3 heterocycles. The van der Waals surface area contributed by atoms with Gasteiger partial charge in [-0.1, -0.05) is 23.7 Å². The number of halogens is 1. The van der Waals surface area contributed by atoms with Gasteiger partial charge in [0.05, 0.1) is 17.6 Å². The van der Waals surface area contributed by atoms with Gasteiger partial charge in [-0.15, -0.1) is 0 Å². The van der Waals surface area contributed by atoms with Crippen molar-refractivity contribution in [2.75, 3.05) is 0 Å². The summed E-state index contributed by atoms with van der Waals surface area (Å²) in [4.78, 5) is 17.4. The molecule has 0 saturated heterocycles. The molecule has 0 amide bonds. The molecule has 3 aromatic heterocycles. The third-order valence-electron chi connectivity index (χ3n) is 5.18. The van der Waals surface area contributed by atoms with Crippen molar-refractivity contribution in [1.82, 2.24) is 19.2 Å². The van der Waals surface area contributed by atoms with E-state index in [2.05, 4.69) is 12.0 Å². The number of aromatic nitrogens is 4. The molecule has 1 aliphatic carbocycles. The Kier molecular flexibility index (Phi) is 4.36. The van der Waals surface area contributed by atoms with Crippen LogP contribution in [0.1, 0.15) is 35.7 Å². The number of fused-ring (bicyclic) bond motifs is 1. The first kappa shape index (κ1) is 17.9.